The molecule has 5 heteroatoms. The van der Waals surface area contributed by atoms with E-state index in [0.29, 0.717) is 0 Å². The van der Waals surface area contributed by atoms with Gasteiger partial charge in [-0.05, 0) is 25.1 Å². The molecule has 0 bridgehead atoms. The molecule has 0 N–H and O–H groups in total. The number of hydrogen-bond donors (Lipinski definition) is 0. The van der Waals surface area contributed by atoms with E-state index in [4.69, 9.17) is 4.74 Å². The third kappa shape index (κ3) is 3.28. The zero-order valence-corrected chi connectivity index (χ0v) is 9.42. The first-order valence-corrected chi connectivity index (χ1v) is 6.12. The Hall–Kier alpha value is -0.940. The molecule has 0 spiro atoms. The summed E-state index contributed by atoms with van der Waals surface area (Å²) in [5.74, 6) is -0.700. The summed E-state index contributed by atoms with van der Waals surface area (Å²) in [4.78, 5) is -0.00796. The monoisotopic (exact) mass is 232 g/mol. The molecule has 1 aromatic carbocycles. The Morgan fingerprint density at radius 1 is 1.47 bits per heavy atom. The highest BCUT2D eigenvalue weighted by molar-refractivity contribution is 7.91. The minimum Gasteiger partial charge on any atom is -0.381 e. The molecule has 15 heavy (non-hydrogen) atoms. The van der Waals surface area contributed by atoms with Gasteiger partial charge in [-0.15, -0.1) is 0 Å². The van der Waals surface area contributed by atoms with E-state index in [9.17, 15) is 12.8 Å². The molecule has 0 aliphatic carbocycles. The number of ether oxygens (including phenoxy) is 1. The lowest BCUT2D eigenvalue weighted by molar-refractivity contribution is 0.136. The van der Waals surface area contributed by atoms with Crippen molar-refractivity contribution in [3.8, 4) is 0 Å². The molecule has 1 rings (SSSR count). The van der Waals surface area contributed by atoms with Gasteiger partial charge in [-0.3, -0.25) is 0 Å². The summed E-state index contributed by atoms with van der Waals surface area (Å²) in [6.45, 7) is 1.65. The number of hydrogen-bond acceptors (Lipinski definition) is 3. The minimum absolute atomic E-state index is 0.00796. The van der Waals surface area contributed by atoms with Gasteiger partial charge in [0.15, 0.2) is 9.84 Å². The standard InChI is InChI=1S/C10H13FO3S/c1-8(14-2)7-15(12,13)10-5-3-4-9(11)6-10/h3-6,8H,7H2,1-2H3. The molecule has 3 nitrogen and oxygen atoms in total. The summed E-state index contributed by atoms with van der Waals surface area (Å²) in [5, 5.41) is 0. The summed E-state index contributed by atoms with van der Waals surface area (Å²) in [6, 6.07) is 4.97. The van der Waals surface area contributed by atoms with Crippen LogP contribution in [0.4, 0.5) is 4.39 Å². The molecule has 84 valence electrons. The summed E-state index contributed by atoms with van der Waals surface area (Å²) >= 11 is 0. The largest absolute Gasteiger partial charge is 0.381 e. The van der Waals surface area contributed by atoms with Crippen molar-refractivity contribution in [1.29, 1.82) is 0 Å². The Balaban J connectivity index is 2.96. The first kappa shape index (κ1) is 12.1. The second kappa shape index (κ2) is 4.72. The number of methoxy groups -OCH3 is 1. The Bertz CT molecular complexity index is 428. The van der Waals surface area contributed by atoms with Crippen LogP contribution in [0.3, 0.4) is 0 Å². The average molecular weight is 232 g/mol. The smallest absolute Gasteiger partial charge is 0.181 e. The first-order valence-electron chi connectivity index (χ1n) is 4.47. The fourth-order valence-electron chi connectivity index (χ4n) is 1.13. The van der Waals surface area contributed by atoms with E-state index in [0.717, 1.165) is 6.07 Å². The van der Waals surface area contributed by atoms with Gasteiger partial charge in [-0.25, -0.2) is 12.8 Å². The van der Waals surface area contributed by atoms with Crippen LogP contribution >= 0.6 is 0 Å². The molecule has 0 fully saturated rings. The highest BCUT2D eigenvalue weighted by Crippen LogP contribution is 2.13. The summed E-state index contributed by atoms with van der Waals surface area (Å²) in [5.41, 5.74) is 0. The van der Waals surface area contributed by atoms with Gasteiger partial charge in [0.25, 0.3) is 0 Å². The predicted octanol–water partition coefficient (Wildman–Crippen LogP) is 1.63. The molecule has 0 amide bonds. The Morgan fingerprint density at radius 2 is 2.13 bits per heavy atom. The molecular formula is C10H13FO3S. The summed E-state index contributed by atoms with van der Waals surface area (Å²) in [6.07, 6.45) is -0.404. The van der Waals surface area contributed by atoms with Crippen molar-refractivity contribution in [2.75, 3.05) is 12.9 Å². The van der Waals surface area contributed by atoms with E-state index in [1.54, 1.807) is 6.92 Å². The second-order valence-corrected chi connectivity index (χ2v) is 5.32. The van der Waals surface area contributed by atoms with E-state index in [2.05, 4.69) is 0 Å². The summed E-state index contributed by atoms with van der Waals surface area (Å²) < 4.78 is 41.1. The highest BCUT2D eigenvalue weighted by Gasteiger charge is 2.18. The minimum atomic E-state index is -3.46. The van der Waals surface area contributed by atoms with E-state index in [-0.39, 0.29) is 10.6 Å². The molecule has 0 aromatic heterocycles. The molecular weight excluding hydrogens is 219 g/mol. The molecule has 1 aromatic rings. The van der Waals surface area contributed by atoms with Crippen LogP contribution in [0.1, 0.15) is 6.92 Å². The van der Waals surface area contributed by atoms with Gasteiger partial charge in [0.05, 0.1) is 16.8 Å². The predicted molar refractivity (Wildman–Crippen MR) is 54.9 cm³/mol. The normalized spacial score (nSPS) is 13.8. The number of rotatable bonds is 4. The van der Waals surface area contributed by atoms with Crippen molar-refractivity contribution >= 4 is 9.84 Å². The van der Waals surface area contributed by atoms with E-state index < -0.39 is 21.8 Å². The van der Waals surface area contributed by atoms with Crippen LogP contribution in [0.2, 0.25) is 0 Å². The SMILES string of the molecule is COC(C)CS(=O)(=O)c1cccc(F)c1. The van der Waals surface area contributed by atoms with Crippen LogP contribution in [-0.2, 0) is 14.6 Å². The van der Waals surface area contributed by atoms with Crippen molar-refractivity contribution < 1.29 is 17.5 Å². The van der Waals surface area contributed by atoms with Gasteiger partial charge in [0.1, 0.15) is 5.82 Å². The lowest BCUT2D eigenvalue weighted by Gasteiger charge is -2.09. The van der Waals surface area contributed by atoms with Crippen LogP contribution in [-0.4, -0.2) is 27.4 Å². The topological polar surface area (TPSA) is 43.4 Å². The van der Waals surface area contributed by atoms with Gasteiger partial charge in [-0.2, -0.15) is 0 Å². The van der Waals surface area contributed by atoms with Crippen molar-refractivity contribution in [1.82, 2.24) is 0 Å². The van der Waals surface area contributed by atoms with Crippen molar-refractivity contribution in [3.63, 3.8) is 0 Å². The fraction of sp³-hybridized carbons (Fsp3) is 0.400. The van der Waals surface area contributed by atoms with Crippen molar-refractivity contribution in [2.24, 2.45) is 0 Å². The zero-order chi connectivity index (χ0) is 11.5. The van der Waals surface area contributed by atoms with Gasteiger partial charge < -0.3 is 4.74 Å². The van der Waals surface area contributed by atoms with Crippen LogP contribution < -0.4 is 0 Å². The van der Waals surface area contributed by atoms with Crippen molar-refractivity contribution in [3.05, 3.63) is 30.1 Å². The average Bonchev–Trinajstić information content (AvgIpc) is 2.17. The van der Waals surface area contributed by atoms with Gasteiger partial charge in [0, 0.05) is 7.11 Å². The molecule has 0 radical (unpaired) electrons. The molecule has 0 saturated heterocycles. The van der Waals surface area contributed by atoms with E-state index in [1.807, 2.05) is 0 Å². The third-order valence-corrected chi connectivity index (χ3v) is 3.89. The molecule has 1 unspecified atom stereocenters. The van der Waals surface area contributed by atoms with Crippen LogP contribution in [0.15, 0.2) is 29.2 Å². The molecule has 1 atom stereocenters. The molecule has 0 aliphatic rings. The van der Waals surface area contributed by atoms with Gasteiger partial charge >= 0.3 is 0 Å². The highest BCUT2D eigenvalue weighted by atomic mass is 32.2. The zero-order valence-electron chi connectivity index (χ0n) is 8.60. The van der Waals surface area contributed by atoms with Gasteiger partial charge in [-0.1, -0.05) is 6.07 Å². The quantitative estimate of drug-likeness (QED) is 0.792. The Labute approximate surface area is 88.8 Å². The Morgan fingerprint density at radius 3 is 2.67 bits per heavy atom. The molecule has 0 aliphatic heterocycles. The Kier molecular flexibility index (Phi) is 3.82. The first-order chi connectivity index (χ1) is 6.95. The van der Waals surface area contributed by atoms with E-state index >= 15 is 0 Å². The number of benzene rings is 1. The molecule has 0 saturated carbocycles. The second-order valence-electron chi connectivity index (χ2n) is 3.29. The number of sulfone groups is 1. The maximum atomic E-state index is 12.8. The maximum Gasteiger partial charge on any atom is 0.181 e. The van der Waals surface area contributed by atoms with Crippen molar-refractivity contribution in [2.45, 2.75) is 17.9 Å². The summed E-state index contributed by atoms with van der Waals surface area (Å²) in [7, 11) is -2.02. The maximum absolute atomic E-state index is 12.8. The van der Waals surface area contributed by atoms with Crippen LogP contribution in [0.5, 0.6) is 0 Å². The number of halogens is 1. The molecule has 0 heterocycles. The van der Waals surface area contributed by atoms with E-state index in [1.165, 1.54) is 25.3 Å². The fourth-order valence-corrected chi connectivity index (χ4v) is 2.66. The third-order valence-electron chi connectivity index (χ3n) is 2.01. The van der Waals surface area contributed by atoms with Gasteiger partial charge in [0.2, 0.25) is 0 Å². The van der Waals surface area contributed by atoms with Crippen LogP contribution in [0.25, 0.3) is 0 Å². The lowest BCUT2D eigenvalue weighted by Crippen LogP contribution is -2.20. The van der Waals surface area contributed by atoms with Crippen LogP contribution in [0, 0.1) is 5.82 Å². The lowest BCUT2D eigenvalue weighted by atomic mass is 10.4.